The molecule has 2 unspecified atom stereocenters. The Labute approximate surface area is 150 Å². The minimum atomic E-state index is 0.423. The molecule has 136 valence electrons. The third kappa shape index (κ3) is 4.12. The number of aromatic nitrogens is 2. The molecule has 0 amide bonds. The topological polar surface area (TPSA) is 68.3 Å². The lowest BCUT2D eigenvalue weighted by Gasteiger charge is -2.21. The third-order valence-corrected chi connectivity index (χ3v) is 5.03. The van der Waals surface area contributed by atoms with E-state index in [0.29, 0.717) is 24.5 Å². The average molecular weight is 342 g/mol. The van der Waals surface area contributed by atoms with Crippen molar-refractivity contribution in [1.82, 2.24) is 25.5 Å². The van der Waals surface area contributed by atoms with Crippen LogP contribution in [0.5, 0.6) is 0 Å². The van der Waals surface area contributed by atoms with E-state index in [4.69, 9.17) is 0 Å². The Balaban J connectivity index is 1.59. The molecule has 1 fully saturated rings. The van der Waals surface area contributed by atoms with E-state index in [-0.39, 0.29) is 0 Å². The SMILES string of the molecule is CN=C(NCc1nc2ccc(C)cc2[nH]1)NC1CN(C(C)C)CC1C. The first kappa shape index (κ1) is 17.7. The average Bonchev–Trinajstić information content (AvgIpc) is 3.14. The van der Waals surface area contributed by atoms with Gasteiger partial charge < -0.3 is 15.6 Å². The summed E-state index contributed by atoms with van der Waals surface area (Å²) >= 11 is 0. The van der Waals surface area contributed by atoms with Crippen molar-refractivity contribution in [3.05, 3.63) is 29.6 Å². The second kappa shape index (κ2) is 7.44. The van der Waals surface area contributed by atoms with Crippen LogP contribution in [0.2, 0.25) is 0 Å². The van der Waals surface area contributed by atoms with Crippen molar-refractivity contribution in [1.29, 1.82) is 0 Å². The Bertz CT molecular complexity index is 747. The van der Waals surface area contributed by atoms with Gasteiger partial charge in [0.2, 0.25) is 0 Å². The van der Waals surface area contributed by atoms with Crippen LogP contribution in [-0.4, -0.2) is 53.0 Å². The van der Waals surface area contributed by atoms with Gasteiger partial charge in [0.15, 0.2) is 5.96 Å². The molecule has 1 aliphatic heterocycles. The zero-order valence-corrected chi connectivity index (χ0v) is 15.9. The fourth-order valence-electron chi connectivity index (χ4n) is 3.41. The number of aromatic amines is 1. The summed E-state index contributed by atoms with van der Waals surface area (Å²) in [6.45, 7) is 11.7. The van der Waals surface area contributed by atoms with Gasteiger partial charge in [0.1, 0.15) is 5.82 Å². The Hall–Kier alpha value is -2.08. The fraction of sp³-hybridized carbons (Fsp3) is 0.579. The molecular formula is C19H30N6. The lowest BCUT2D eigenvalue weighted by Crippen LogP contribution is -2.46. The van der Waals surface area contributed by atoms with E-state index >= 15 is 0 Å². The van der Waals surface area contributed by atoms with Crippen LogP contribution in [0.3, 0.4) is 0 Å². The second-order valence-electron chi connectivity index (χ2n) is 7.41. The second-order valence-corrected chi connectivity index (χ2v) is 7.41. The molecule has 2 aromatic rings. The number of guanidine groups is 1. The molecule has 1 aromatic heterocycles. The highest BCUT2D eigenvalue weighted by molar-refractivity contribution is 5.80. The molecule has 6 heteroatoms. The van der Waals surface area contributed by atoms with Gasteiger partial charge in [-0.25, -0.2) is 4.98 Å². The summed E-state index contributed by atoms with van der Waals surface area (Å²) in [5.74, 6) is 2.36. The molecule has 0 aliphatic carbocycles. The van der Waals surface area contributed by atoms with Crippen molar-refractivity contribution in [3.8, 4) is 0 Å². The molecule has 1 saturated heterocycles. The van der Waals surface area contributed by atoms with E-state index in [0.717, 1.165) is 35.9 Å². The Morgan fingerprint density at radius 2 is 2.20 bits per heavy atom. The van der Waals surface area contributed by atoms with Crippen molar-refractivity contribution >= 4 is 17.0 Å². The molecule has 25 heavy (non-hydrogen) atoms. The maximum atomic E-state index is 4.63. The minimum Gasteiger partial charge on any atom is -0.352 e. The van der Waals surface area contributed by atoms with Crippen LogP contribution < -0.4 is 10.6 Å². The highest BCUT2D eigenvalue weighted by Crippen LogP contribution is 2.18. The number of aryl methyl sites for hydroxylation is 1. The molecule has 1 aliphatic rings. The van der Waals surface area contributed by atoms with Crippen molar-refractivity contribution in [2.45, 2.75) is 46.3 Å². The van der Waals surface area contributed by atoms with Gasteiger partial charge in [-0.2, -0.15) is 0 Å². The number of H-pyrrole nitrogens is 1. The first-order chi connectivity index (χ1) is 12.0. The van der Waals surface area contributed by atoms with Gasteiger partial charge in [-0.05, 0) is 44.4 Å². The number of nitrogens with one attached hydrogen (secondary N) is 3. The van der Waals surface area contributed by atoms with Gasteiger partial charge in [-0.3, -0.25) is 9.89 Å². The Morgan fingerprint density at radius 3 is 2.88 bits per heavy atom. The first-order valence-electron chi connectivity index (χ1n) is 9.12. The molecule has 1 aromatic carbocycles. The molecule has 0 bridgehead atoms. The minimum absolute atomic E-state index is 0.423. The smallest absolute Gasteiger partial charge is 0.191 e. The maximum absolute atomic E-state index is 4.63. The van der Waals surface area contributed by atoms with Gasteiger partial charge in [-0.15, -0.1) is 0 Å². The summed E-state index contributed by atoms with van der Waals surface area (Å²) in [6.07, 6.45) is 0. The van der Waals surface area contributed by atoms with Crippen LogP contribution in [0.25, 0.3) is 11.0 Å². The van der Waals surface area contributed by atoms with Crippen molar-refractivity contribution < 1.29 is 0 Å². The van der Waals surface area contributed by atoms with Crippen LogP contribution >= 0.6 is 0 Å². The number of hydrogen-bond acceptors (Lipinski definition) is 3. The van der Waals surface area contributed by atoms with Gasteiger partial charge in [0.05, 0.1) is 17.6 Å². The van der Waals surface area contributed by atoms with Crippen molar-refractivity contribution in [2.75, 3.05) is 20.1 Å². The van der Waals surface area contributed by atoms with E-state index in [1.807, 2.05) is 7.05 Å². The molecule has 0 radical (unpaired) electrons. The van der Waals surface area contributed by atoms with Gasteiger partial charge in [0, 0.05) is 32.2 Å². The lowest BCUT2D eigenvalue weighted by atomic mass is 10.1. The number of fused-ring (bicyclic) bond motifs is 1. The molecule has 0 saturated carbocycles. The number of imidazole rings is 1. The number of hydrogen-bond donors (Lipinski definition) is 3. The summed E-state index contributed by atoms with van der Waals surface area (Å²) in [5, 5.41) is 6.95. The lowest BCUT2D eigenvalue weighted by molar-refractivity contribution is 0.265. The molecule has 2 heterocycles. The van der Waals surface area contributed by atoms with Crippen LogP contribution in [0.15, 0.2) is 23.2 Å². The number of aliphatic imine (C=N–C) groups is 1. The van der Waals surface area contributed by atoms with Crippen LogP contribution in [0, 0.1) is 12.8 Å². The number of rotatable bonds is 4. The summed E-state index contributed by atoms with van der Waals surface area (Å²) in [4.78, 5) is 14.9. The third-order valence-electron chi connectivity index (χ3n) is 5.03. The predicted molar refractivity (Wildman–Crippen MR) is 104 cm³/mol. The predicted octanol–water partition coefficient (Wildman–Crippen LogP) is 2.27. The van der Waals surface area contributed by atoms with Gasteiger partial charge >= 0.3 is 0 Å². The molecular weight excluding hydrogens is 312 g/mol. The maximum Gasteiger partial charge on any atom is 0.191 e. The molecule has 0 spiro atoms. The molecule has 6 nitrogen and oxygen atoms in total. The quantitative estimate of drug-likeness (QED) is 0.589. The Morgan fingerprint density at radius 1 is 1.40 bits per heavy atom. The molecule has 3 rings (SSSR count). The van der Waals surface area contributed by atoms with Gasteiger partial charge in [0.25, 0.3) is 0 Å². The first-order valence-corrected chi connectivity index (χ1v) is 9.12. The largest absolute Gasteiger partial charge is 0.352 e. The summed E-state index contributed by atoms with van der Waals surface area (Å²) in [6, 6.07) is 7.27. The summed E-state index contributed by atoms with van der Waals surface area (Å²) < 4.78 is 0. The summed E-state index contributed by atoms with van der Waals surface area (Å²) in [7, 11) is 1.82. The molecule has 3 N–H and O–H groups in total. The molecule has 2 atom stereocenters. The summed E-state index contributed by atoms with van der Waals surface area (Å²) in [5.41, 5.74) is 3.32. The monoisotopic (exact) mass is 342 g/mol. The van der Waals surface area contributed by atoms with Crippen molar-refractivity contribution in [2.24, 2.45) is 10.9 Å². The van der Waals surface area contributed by atoms with E-state index in [1.165, 1.54) is 5.56 Å². The Kier molecular flexibility index (Phi) is 5.27. The van der Waals surface area contributed by atoms with E-state index < -0.39 is 0 Å². The fourth-order valence-corrected chi connectivity index (χ4v) is 3.41. The number of nitrogens with zero attached hydrogens (tertiary/aromatic N) is 3. The van der Waals surface area contributed by atoms with Gasteiger partial charge in [-0.1, -0.05) is 13.0 Å². The van der Waals surface area contributed by atoms with Crippen LogP contribution in [-0.2, 0) is 6.54 Å². The van der Waals surface area contributed by atoms with Crippen LogP contribution in [0.1, 0.15) is 32.2 Å². The van der Waals surface area contributed by atoms with E-state index in [2.05, 4.69) is 76.4 Å². The van der Waals surface area contributed by atoms with Crippen molar-refractivity contribution in [3.63, 3.8) is 0 Å². The normalized spacial score (nSPS) is 22.1. The highest BCUT2D eigenvalue weighted by Gasteiger charge is 2.31. The van der Waals surface area contributed by atoms with E-state index in [9.17, 15) is 0 Å². The standard InChI is InChI=1S/C19H30N6/c1-12(2)25-10-14(4)17(11-25)24-19(20-5)21-9-18-22-15-7-6-13(3)8-16(15)23-18/h6-8,12,14,17H,9-11H2,1-5H3,(H,22,23)(H2,20,21,24). The number of likely N-dealkylation sites (tertiary alicyclic amines) is 1. The zero-order chi connectivity index (χ0) is 18.0. The van der Waals surface area contributed by atoms with Crippen LogP contribution in [0.4, 0.5) is 0 Å². The number of benzene rings is 1. The zero-order valence-electron chi connectivity index (χ0n) is 15.9. The highest BCUT2D eigenvalue weighted by atomic mass is 15.3. The van der Waals surface area contributed by atoms with E-state index in [1.54, 1.807) is 0 Å².